The molecule has 0 saturated carbocycles. The van der Waals surface area contributed by atoms with Gasteiger partial charge in [-0.05, 0) is 0 Å². The van der Waals surface area contributed by atoms with Crippen molar-refractivity contribution in [3.05, 3.63) is 33.2 Å². The van der Waals surface area contributed by atoms with Crippen LogP contribution in [0.15, 0.2) is 12.1 Å². The Hall–Kier alpha value is -2.35. The molecule has 7 nitrogen and oxygen atoms in total. The maximum absolute atomic E-state index is 13.6. The second-order valence-electron chi connectivity index (χ2n) is 4.16. The fourth-order valence-corrected chi connectivity index (χ4v) is 1.80. The molecule has 2 aromatic rings. The van der Waals surface area contributed by atoms with Crippen molar-refractivity contribution in [1.29, 1.82) is 0 Å². The average Bonchev–Trinajstić information content (AvgIpc) is 2.44. The van der Waals surface area contributed by atoms with Crippen LogP contribution in [0.2, 0.25) is 5.15 Å². The maximum Gasteiger partial charge on any atom is 0.307 e. The molecule has 0 unspecified atom stereocenters. The molecule has 1 heterocycles. The number of nitrogens with one attached hydrogen (secondary N) is 1. The highest BCUT2D eigenvalue weighted by Crippen LogP contribution is 2.26. The van der Waals surface area contributed by atoms with E-state index in [1.165, 1.54) is 0 Å². The highest BCUT2D eigenvalue weighted by atomic mass is 35.5. The molecule has 9 heteroatoms. The molecule has 0 saturated heterocycles. The van der Waals surface area contributed by atoms with E-state index in [2.05, 4.69) is 15.3 Å². The number of anilines is 1. The fourth-order valence-electron chi connectivity index (χ4n) is 1.60. The summed E-state index contributed by atoms with van der Waals surface area (Å²) in [4.78, 5) is 29.0. The minimum Gasteiger partial charge on any atom is -0.360 e. The molecular formula is C12H10ClFN4O3. The van der Waals surface area contributed by atoms with Crippen molar-refractivity contribution in [1.82, 2.24) is 9.97 Å². The largest absolute Gasteiger partial charge is 0.360 e. The molecule has 0 aliphatic heterocycles. The Morgan fingerprint density at radius 2 is 2.10 bits per heavy atom. The molecule has 0 radical (unpaired) electrons. The lowest BCUT2D eigenvalue weighted by Crippen LogP contribution is -2.14. The number of fused-ring (bicyclic) bond motifs is 1. The first-order valence-corrected chi connectivity index (χ1v) is 6.37. The van der Waals surface area contributed by atoms with Gasteiger partial charge < -0.3 is 5.32 Å². The third-order valence-electron chi connectivity index (χ3n) is 2.73. The highest BCUT2D eigenvalue weighted by molar-refractivity contribution is 6.32. The topological polar surface area (TPSA) is 98.0 Å². The minimum absolute atomic E-state index is 0.0197. The van der Waals surface area contributed by atoms with Gasteiger partial charge in [0.15, 0.2) is 16.8 Å². The quantitative estimate of drug-likeness (QED) is 0.673. The molecule has 0 amide bonds. The zero-order chi connectivity index (χ0) is 15.6. The van der Waals surface area contributed by atoms with Crippen LogP contribution in [0.1, 0.15) is 13.3 Å². The predicted octanol–water partition coefficient (Wildman–Crippen LogP) is 2.72. The molecule has 0 atom stereocenters. The Morgan fingerprint density at radius 1 is 1.43 bits per heavy atom. The van der Waals surface area contributed by atoms with Crippen molar-refractivity contribution < 1.29 is 14.1 Å². The van der Waals surface area contributed by atoms with Gasteiger partial charge in [-0.1, -0.05) is 18.5 Å². The van der Waals surface area contributed by atoms with Gasteiger partial charge in [-0.3, -0.25) is 14.9 Å². The number of ketones is 1. The molecule has 0 bridgehead atoms. The summed E-state index contributed by atoms with van der Waals surface area (Å²) in [5.41, 5.74) is -0.496. The molecule has 1 aromatic carbocycles. The van der Waals surface area contributed by atoms with Crippen molar-refractivity contribution in [2.24, 2.45) is 0 Å². The summed E-state index contributed by atoms with van der Waals surface area (Å²) in [5, 5.41) is 13.3. The monoisotopic (exact) mass is 312 g/mol. The highest BCUT2D eigenvalue weighted by Gasteiger charge is 2.18. The number of carbonyl (C=O) groups excluding carboxylic acids is 1. The Morgan fingerprint density at radius 3 is 2.71 bits per heavy atom. The lowest BCUT2D eigenvalue weighted by Gasteiger charge is -2.07. The summed E-state index contributed by atoms with van der Waals surface area (Å²) in [6.45, 7) is 1.73. The number of halogens is 2. The number of rotatable bonds is 5. The van der Waals surface area contributed by atoms with Crippen LogP contribution < -0.4 is 5.32 Å². The van der Waals surface area contributed by atoms with Gasteiger partial charge in [0.25, 0.3) is 0 Å². The van der Waals surface area contributed by atoms with Crippen LogP contribution in [-0.4, -0.2) is 27.2 Å². The van der Waals surface area contributed by atoms with Crippen molar-refractivity contribution >= 4 is 39.9 Å². The number of aromatic nitrogens is 2. The predicted molar refractivity (Wildman–Crippen MR) is 74.9 cm³/mol. The third-order valence-corrected chi connectivity index (χ3v) is 3.00. The average molecular weight is 313 g/mol. The zero-order valence-corrected chi connectivity index (χ0v) is 11.6. The maximum atomic E-state index is 13.6. The Bertz CT molecular complexity index is 738. The van der Waals surface area contributed by atoms with E-state index in [0.29, 0.717) is 6.42 Å². The van der Waals surface area contributed by atoms with Gasteiger partial charge in [0.05, 0.1) is 22.5 Å². The van der Waals surface area contributed by atoms with Gasteiger partial charge in [-0.25, -0.2) is 9.97 Å². The zero-order valence-electron chi connectivity index (χ0n) is 10.9. The van der Waals surface area contributed by atoms with Crippen LogP contribution in [0.5, 0.6) is 0 Å². The van der Waals surface area contributed by atoms with Crippen LogP contribution in [0, 0.1) is 15.9 Å². The van der Waals surface area contributed by atoms with Crippen LogP contribution in [0.25, 0.3) is 11.0 Å². The summed E-state index contributed by atoms with van der Waals surface area (Å²) in [5.74, 6) is -0.943. The van der Waals surface area contributed by atoms with E-state index in [1.807, 2.05) is 0 Å². The van der Waals surface area contributed by atoms with Crippen LogP contribution in [0.3, 0.4) is 0 Å². The molecule has 0 aliphatic carbocycles. The summed E-state index contributed by atoms with van der Waals surface area (Å²) >= 11 is 5.89. The van der Waals surface area contributed by atoms with Gasteiger partial charge in [0.2, 0.25) is 5.82 Å². The van der Waals surface area contributed by atoms with Crippen LogP contribution in [0.4, 0.5) is 15.9 Å². The van der Waals surface area contributed by atoms with Crippen LogP contribution in [-0.2, 0) is 4.79 Å². The van der Waals surface area contributed by atoms with Crippen molar-refractivity contribution in [2.75, 3.05) is 11.9 Å². The molecule has 110 valence electrons. The van der Waals surface area contributed by atoms with Crippen LogP contribution >= 0.6 is 11.6 Å². The summed E-state index contributed by atoms with van der Waals surface area (Å²) in [6.07, 6.45) is 0.354. The van der Waals surface area contributed by atoms with Gasteiger partial charge in [-0.15, -0.1) is 0 Å². The second-order valence-corrected chi connectivity index (χ2v) is 4.52. The smallest absolute Gasteiger partial charge is 0.307 e. The molecule has 21 heavy (non-hydrogen) atoms. The molecule has 1 N–H and O–H groups in total. The third kappa shape index (κ3) is 3.22. The summed E-state index contributed by atoms with van der Waals surface area (Å²) < 4.78 is 13.6. The minimum atomic E-state index is -1.01. The Labute approximate surface area is 123 Å². The first-order valence-electron chi connectivity index (χ1n) is 5.99. The van der Waals surface area contributed by atoms with Gasteiger partial charge in [0, 0.05) is 18.6 Å². The first kappa shape index (κ1) is 15.0. The molecule has 2 rings (SSSR count). The number of nitro benzene ring substituents is 1. The van der Waals surface area contributed by atoms with Crippen molar-refractivity contribution in [3.63, 3.8) is 0 Å². The molecular weight excluding hydrogens is 303 g/mol. The molecule has 0 fully saturated rings. The van der Waals surface area contributed by atoms with E-state index >= 15 is 0 Å². The van der Waals surface area contributed by atoms with E-state index in [0.717, 1.165) is 12.1 Å². The standard InChI is InChI=1S/C12H10ClFN4O3/c1-2-6(19)5-15-12-11(13)16-9-4-10(18(20)21)7(14)3-8(9)17-12/h3-4H,2,5H2,1H3,(H,15,17). The first-order chi connectivity index (χ1) is 9.92. The van der Waals surface area contributed by atoms with Crippen molar-refractivity contribution in [2.45, 2.75) is 13.3 Å². The number of nitrogens with zero attached hydrogens (tertiary/aromatic N) is 3. The molecule has 1 aromatic heterocycles. The number of hydrogen-bond acceptors (Lipinski definition) is 6. The molecule has 0 aliphatic rings. The number of nitro groups is 1. The number of hydrogen-bond donors (Lipinski definition) is 1. The fraction of sp³-hybridized carbons (Fsp3) is 0.250. The van der Waals surface area contributed by atoms with Gasteiger partial charge in [0.1, 0.15) is 0 Å². The van der Waals surface area contributed by atoms with Gasteiger partial charge in [-0.2, -0.15) is 4.39 Å². The lowest BCUT2D eigenvalue weighted by atomic mass is 10.2. The van der Waals surface area contributed by atoms with E-state index in [-0.39, 0.29) is 34.3 Å². The lowest BCUT2D eigenvalue weighted by molar-refractivity contribution is -0.387. The number of carbonyl (C=O) groups is 1. The SMILES string of the molecule is CCC(=O)CNc1nc2cc(F)c([N+](=O)[O-])cc2nc1Cl. The van der Waals surface area contributed by atoms with Crippen molar-refractivity contribution in [3.8, 4) is 0 Å². The number of Topliss-reactive ketones (excluding diaryl/α,β-unsaturated/α-hetero) is 1. The van der Waals surface area contributed by atoms with E-state index in [1.54, 1.807) is 6.92 Å². The van der Waals surface area contributed by atoms with E-state index in [9.17, 15) is 19.3 Å². The Balaban J connectivity index is 2.43. The van der Waals surface area contributed by atoms with E-state index < -0.39 is 16.4 Å². The van der Waals surface area contributed by atoms with E-state index in [4.69, 9.17) is 11.6 Å². The summed E-state index contributed by atoms with van der Waals surface area (Å²) in [6, 6.07) is 1.87. The summed E-state index contributed by atoms with van der Waals surface area (Å²) in [7, 11) is 0. The normalized spacial score (nSPS) is 10.6. The Kier molecular flexibility index (Phi) is 4.27. The van der Waals surface area contributed by atoms with Gasteiger partial charge >= 0.3 is 5.69 Å². The molecule has 0 spiro atoms. The second kappa shape index (κ2) is 5.96. The number of benzene rings is 1.